The molecule has 0 N–H and O–H groups in total. The molecule has 0 spiro atoms. The minimum atomic E-state index is 0.537. The van der Waals surface area contributed by atoms with Crippen LogP contribution in [0.3, 0.4) is 0 Å². The number of benzene rings is 2. The Kier molecular flexibility index (Phi) is 9.36. The van der Waals surface area contributed by atoms with Gasteiger partial charge in [-0.3, -0.25) is 0 Å². The molecule has 0 bridgehead atoms. The highest BCUT2D eigenvalue weighted by Crippen LogP contribution is 2.35. The maximum atomic E-state index is 5.50. The highest BCUT2D eigenvalue weighted by molar-refractivity contribution is 5.38. The van der Waals surface area contributed by atoms with Crippen molar-refractivity contribution in [2.75, 3.05) is 6.61 Å². The molecule has 0 aromatic heterocycles. The van der Waals surface area contributed by atoms with Crippen molar-refractivity contribution in [2.45, 2.75) is 84.0 Å². The second-order valence-electron chi connectivity index (χ2n) is 8.68. The van der Waals surface area contributed by atoms with E-state index in [1.807, 2.05) is 19.1 Å². The molecular formula is C29H38O. The number of unbranched alkanes of at least 4 members (excludes halogenated alkanes) is 4. The first-order valence-corrected chi connectivity index (χ1v) is 12.1. The van der Waals surface area contributed by atoms with Gasteiger partial charge in [-0.05, 0) is 86.8 Å². The summed E-state index contributed by atoms with van der Waals surface area (Å²) in [6.45, 7) is 4.99. The molecule has 1 aliphatic rings. The molecule has 0 atom stereocenters. The lowest BCUT2D eigenvalue weighted by Gasteiger charge is -2.26. The second-order valence-corrected chi connectivity index (χ2v) is 8.68. The molecule has 1 nitrogen and oxygen atoms in total. The van der Waals surface area contributed by atoms with Crippen LogP contribution in [0, 0.1) is 17.8 Å². The van der Waals surface area contributed by atoms with Crippen LogP contribution in [0.1, 0.15) is 94.2 Å². The van der Waals surface area contributed by atoms with Crippen LogP contribution >= 0.6 is 0 Å². The van der Waals surface area contributed by atoms with E-state index in [0.717, 1.165) is 11.3 Å². The third-order valence-electron chi connectivity index (χ3n) is 6.33. The fraction of sp³-hybridized carbons (Fsp3) is 0.517. The van der Waals surface area contributed by atoms with E-state index in [4.69, 9.17) is 4.74 Å². The molecule has 1 fully saturated rings. The van der Waals surface area contributed by atoms with Gasteiger partial charge in [0.05, 0.1) is 6.61 Å². The van der Waals surface area contributed by atoms with E-state index in [1.165, 1.54) is 75.3 Å². The van der Waals surface area contributed by atoms with Crippen molar-refractivity contribution < 1.29 is 4.74 Å². The Labute approximate surface area is 184 Å². The van der Waals surface area contributed by atoms with E-state index in [-0.39, 0.29) is 0 Å². The van der Waals surface area contributed by atoms with Crippen molar-refractivity contribution in [3.63, 3.8) is 0 Å². The summed E-state index contributed by atoms with van der Waals surface area (Å²) in [4.78, 5) is 0. The summed E-state index contributed by atoms with van der Waals surface area (Å²) in [5.74, 6) is 9.06. The van der Waals surface area contributed by atoms with Gasteiger partial charge in [-0.25, -0.2) is 0 Å². The zero-order valence-electron chi connectivity index (χ0n) is 19.0. The average molecular weight is 403 g/mol. The molecule has 2 aromatic carbocycles. The lowest BCUT2D eigenvalue weighted by Crippen LogP contribution is -2.12. The first-order valence-electron chi connectivity index (χ1n) is 12.1. The summed E-state index contributed by atoms with van der Waals surface area (Å²) >= 11 is 0. The van der Waals surface area contributed by atoms with Gasteiger partial charge in [0.25, 0.3) is 0 Å². The summed E-state index contributed by atoms with van der Waals surface area (Å²) in [5, 5.41) is 0. The van der Waals surface area contributed by atoms with Crippen LogP contribution in [-0.4, -0.2) is 6.61 Å². The Morgan fingerprint density at radius 3 is 2.17 bits per heavy atom. The van der Waals surface area contributed by atoms with Gasteiger partial charge in [0, 0.05) is 11.5 Å². The van der Waals surface area contributed by atoms with Crippen LogP contribution < -0.4 is 4.74 Å². The van der Waals surface area contributed by atoms with E-state index >= 15 is 0 Å². The first kappa shape index (κ1) is 22.5. The highest BCUT2D eigenvalue weighted by atomic mass is 16.5. The van der Waals surface area contributed by atoms with E-state index in [9.17, 15) is 0 Å². The van der Waals surface area contributed by atoms with Crippen LogP contribution in [0.4, 0.5) is 0 Å². The molecule has 1 saturated carbocycles. The van der Waals surface area contributed by atoms with Gasteiger partial charge in [-0.1, -0.05) is 68.7 Å². The Bertz CT molecular complexity index is 783. The lowest BCUT2D eigenvalue weighted by atomic mass is 9.78. The van der Waals surface area contributed by atoms with Crippen molar-refractivity contribution in [2.24, 2.45) is 5.92 Å². The Morgan fingerprint density at radius 2 is 1.50 bits per heavy atom. The summed E-state index contributed by atoms with van der Waals surface area (Å²) in [7, 11) is 0. The molecule has 0 radical (unpaired) electrons. The molecule has 0 saturated heterocycles. The largest absolute Gasteiger partial charge is 0.494 e. The van der Waals surface area contributed by atoms with Gasteiger partial charge < -0.3 is 4.74 Å². The molecule has 0 aliphatic heterocycles. The van der Waals surface area contributed by atoms with E-state index in [1.54, 1.807) is 0 Å². The van der Waals surface area contributed by atoms with Gasteiger partial charge in [0.15, 0.2) is 0 Å². The van der Waals surface area contributed by atoms with Crippen LogP contribution in [0.2, 0.25) is 0 Å². The zero-order valence-corrected chi connectivity index (χ0v) is 19.0. The monoisotopic (exact) mass is 402 g/mol. The fourth-order valence-electron chi connectivity index (χ4n) is 4.45. The number of ether oxygens (including phenoxy) is 1. The first-order chi connectivity index (χ1) is 14.8. The van der Waals surface area contributed by atoms with Crippen LogP contribution in [0.5, 0.6) is 5.75 Å². The normalized spacial score (nSPS) is 18.5. The highest BCUT2D eigenvalue weighted by Gasteiger charge is 2.21. The molecule has 0 heterocycles. The third-order valence-corrected chi connectivity index (χ3v) is 6.33. The van der Waals surface area contributed by atoms with Crippen molar-refractivity contribution >= 4 is 0 Å². The minimum Gasteiger partial charge on any atom is -0.494 e. The predicted molar refractivity (Wildman–Crippen MR) is 128 cm³/mol. The number of hydrogen-bond donors (Lipinski definition) is 0. The molecular weight excluding hydrogens is 364 g/mol. The maximum absolute atomic E-state index is 5.50. The van der Waals surface area contributed by atoms with Crippen molar-refractivity contribution in [1.29, 1.82) is 0 Å². The van der Waals surface area contributed by atoms with Gasteiger partial charge in [0.1, 0.15) is 5.75 Å². The minimum absolute atomic E-state index is 0.537. The molecule has 0 amide bonds. The van der Waals surface area contributed by atoms with Crippen molar-refractivity contribution in [3.05, 3.63) is 65.2 Å². The third kappa shape index (κ3) is 7.24. The zero-order chi connectivity index (χ0) is 21.0. The summed E-state index contributed by atoms with van der Waals surface area (Å²) in [6, 6.07) is 17.7. The molecule has 160 valence electrons. The number of rotatable bonds is 9. The van der Waals surface area contributed by atoms with Crippen LogP contribution in [0.15, 0.2) is 48.5 Å². The van der Waals surface area contributed by atoms with Gasteiger partial charge in [-0.15, -0.1) is 0 Å². The van der Waals surface area contributed by atoms with Gasteiger partial charge in [0.2, 0.25) is 0 Å². The molecule has 3 rings (SSSR count). The predicted octanol–water partition coefficient (Wildman–Crippen LogP) is 7.92. The summed E-state index contributed by atoms with van der Waals surface area (Å²) in [6.07, 6.45) is 13.0. The number of hydrogen-bond acceptors (Lipinski definition) is 1. The smallest absolute Gasteiger partial charge is 0.119 e. The Balaban J connectivity index is 1.43. The summed E-state index contributed by atoms with van der Waals surface area (Å²) in [5.41, 5.74) is 4.12. The van der Waals surface area contributed by atoms with Crippen molar-refractivity contribution in [3.8, 4) is 17.6 Å². The fourth-order valence-corrected chi connectivity index (χ4v) is 4.45. The van der Waals surface area contributed by atoms with Crippen LogP contribution in [0.25, 0.3) is 0 Å². The van der Waals surface area contributed by atoms with Crippen LogP contribution in [-0.2, 0) is 6.42 Å². The molecule has 1 aliphatic carbocycles. The molecule has 30 heavy (non-hydrogen) atoms. The lowest BCUT2D eigenvalue weighted by molar-refractivity contribution is 0.340. The standard InChI is InChI=1S/C29H38O/c1-3-5-6-7-8-9-24-12-18-27(19-13-24)28-20-14-25(15-21-28)10-11-26-16-22-29(23-17-26)30-4-2/h12-13,16-19,22-23,25,28H,3-9,14-15,20-21H2,1-2H3/t25-,28-. The van der Waals surface area contributed by atoms with E-state index in [0.29, 0.717) is 18.4 Å². The van der Waals surface area contributed by atoms with E-state index < -0.39 is 0 Å². The number of aryl methyl sites for hydroxylation is 1. The topological polar surface area (TPSA) is 9.23 Å². The second kappa shape index (κ2) is 12.5. The molecule has 2 aromatic rings. The SMILES string of the molecule is CCCCCCCc1ccc([C@H]2CC[C@H](C#Cc3ccc(OCC)cc3)CC2)cc1. The quantitative estimate of drug-likeness (QED) is 0.306. The van der Waals surface area contributed by atoms with E-state index in [2.05, 4.69) is 55.2 Å². The van der Waals surface area contributed by atoms with Gasteiger partial charge >= 0.3 is 0 Å². The average Bonchev–Trinajstić information content (AvgIpc) is 2.79. The molecule has 0 unspecified atom stereocenters. The maximum Gasteiger partial charge on any atom is 0.119 e. The Hall–Kier alpha value is -2.20. The van der Waals surface area contributed by atoms with Gasteiger partial charge in [-0.2, -0.15) is 0 Å². The Morgan fingerprint density at radius 1 is 0.800 bits per heavy atom. The van der Waals surface area contributed by atoms with Crippen molar-refractivity contribution in [1.82, 2.24) is 0 Å². The summed E-state index contributed by atoms with van der Waals surface area (Å²) < 4.78 is 5.50. The molecule has 1 heteroatoms.